The van der Waals surface area contributed by atoms with Gasteiger partial charge in [-0.3, -0.25) is 4.79 Å². The highest BCUT2D eigenvalue weighted by Gasteiger charge is 2.21. The lowest BCUT2D eigenvalue weighted by Crippen LogP contribution is -2.44. The van der Waals surface area contributed by atoms with Crippen molar-refractivity contribution in [3.05, 3.63) is 51.9 Å². The van der Waals surface area contributed by atoms with Crippen molar-refractivity contribution in [1.29, 1.82) is 5.26 Å². The first-order valence-electron chi connectivity index (χ1n) is 9.13. The van der Waals surface area contributed by atoms with Crippen LogP contribution in [0.15, 0.2) is 35.3 Å². The summed E-state index contributed by atoms with van der Waals surface area (Å²) < 4.78 is 3.38. The van der Waals surface area contributed by atoms with Crippen molar-refractivity contribution in [1.82, 2.24) is 24.6 Å². The number of fused-ring (bicyclic) bond motifs is 1. The molecule has 1 N–H and O–H groups in total. The first-order valence-corrected chi connectivity index (χ1v) is 9.13. The van der Waals surface area contributed by atoms with Gasteiger partial charge in [-0.25, -0.2) is 9.67 Å². The first kappa shape index (κ1) is 17.2. The summed E-state index contributed by atoms with van der Waals surface area (Å²) in [4.78, 5) is 20.0. The number of nitriles is 1. The third-order valence-electron chi connectivity index (χ3n) is 4.90. The fraction of sp³-hybridized carbons (Fsp3) is 0.368. The van der Waals surface area contributed by atoms with Gasteiger partial charge < -0.3 is 14.8 Å². The highest BCUT2D eigenvalue weighted by Crippen LogP contribution is 2.20. The van der Waals surface area contributed by atoms with Crippen LogP contribution < -0.4 is 15.8 Å². The fourth-order valence-corrected chi connectivity index (χ4v) is 3.52. The van der Waals surface area contributed by atoms with Gasteiger partial charge in [0.1, 0.15) is 11.0 Å². The number of piperazine rings is 1. The normalized spacial score (nSPS) is 14.4. The summed E-state index contributed by atoms with van der Waals surface area (Å²) in [6, 6.07) is 9.44. The SMILES string of the molecule is CCn1c(N2CCNCC2)nc2cnn(Cc3ccccc3C#N)c(=O)c21. The summed E-state index contributed by atoms with van der Waals surface area (Å²) in [5, 5.41) is 16.9. The highest BCUT2D eigenvalue weighted by molar-refractivity contribution is 5.77. The Morgan fingerprint density at radius 3 is 2.78 bits per heavy atom. The molecule has 0 saturated carbocycles. The minimum absolute atomic E-state index is 0.184. The number of anilines is 1. The lowest BCUT2D eigenvalue weighted by molar-refractivity contribution is 0.569. The maximum atomic E-state index is 13.1. The fourth-order valence-electron chi connectivity index (χ4n) is 3.52. The van der Waals surface area contributed by atoms with Gasteiger partial charge in [-0.15, -0.1) is 0 Å². The number of nitrogens with one attached hydrogen (secondary N) is 1. The van der Waals surface area contributed by atoms with Crippen molar-refractivity contribution in [2.75, 3.05) is 31.1 Å². The van der Waals surface area contributed by atoms with E-state index in [-0.39, 0.29) is 12.1 Å². The smallest absolute Gasteiger partial charge is 0.293 e. The molecule has 2 aromatic heterocycles. The van der Waals surface area contributed by atoms with Crippen molar-refractivity contribution in [2.45, 2.75) is 20.0 Å². The van der Waals surface area contributed by atoms with E-state index >= 15 is 0 Å². The summed E-state index contributed by atoms with van der Waals surface area (Å²) in [6.07, 6.45) is 1.64. The largest absolute Gasteiger partial charge is 0.340 e. The maximum Gasteiger partial charge on any atom is 0.293 e. The molecule has 0 bridgehead atoms. The molecule has 1 fully saturated rings. The summed E-state index contributed by atoms with van der Waals surface area (Å²) in [5.74, 6) is 0.822. The van der Waals surface area contributed by atoms with E-state index in [1.807, 2.05) is 29.7 Å². The van der Waals surface area contributed by atoms with Gasteiger partial charge in [0.25, 0.3) is 5.56 Å². The van der Waals surface area contributed by atoms with Crippen LogP contribution in [0.5, 0.6) is 0 Å². The Bertz CT molecular complexity index is 1070. The molecule has 0 amide bonds. The number of aromatic nitrogens is 4. The maximum absolute atomic E-state index is 13.1. The number of nitrogens with zero attached hydrogens (tertiary/aromatic N) is 6. The Hall–Kier alpha value is -3.18. The zero-order valence-electron chi connectivity index (χ0n) is 15.2. The van der Waals surface area contributed by atoms with Gasteiger partial charge in [-0.2, -0.15) is 10.4 Å². The van der Waals surface area contributed by atoms with E-state index < -0.39 is 0 Å². The van der Waals surface area contributed by atoms with Crippen molar-refractivity contribution in [3.8, 4) is 6.07 Å². The summed E-state index contributed by atoms with van der Waals surface area (Å²) in [5.41, 5.74) is 2.32. The van der Waals surface area contributed by atoms with E-state index in [0.717, 1.165) is 37.7 Å². The second kappa shape index (κ2) is 7.21. The zero-order valence-corrected chi connectivity index (χ0v) is 15.2. The molecular formula is C19H21N7O. The van der Waals surface area contributed by atoms with Gasteiger partial charge in [0.05, 0.1) is 24.4 Å². The Labute approximate surface area is 156 Å². The number of benzene rings is 1. The van der Waals surface area contributed by atoms with Crippen molar-refractivity contribution in [3.63, 3.8) is 0 Å². The van der Waals surface area contributed by atoms with Gasteiger partial charge in [-0.05, 0) is 18.6 Å². The van der Waals surface area contributed by atoms with Gasteiger partial charge >= 0.3 is 0 Å². The minimum atomic E-state index is -0.184. The number of hydrogen-bond donors (Lipinski definition) is 1. The highest BCUT2D eigenvalue weighted by atomic mass is 16.1. The number of rotatable bonds is 4. The predicted molar refractivity (Wildman–Crippen MR) is 103 cm³/mol. The molecule has 0 atom stereocenters. The van der Waals surface area contributed by atoms with Gasteiger partial charge in [0.2, 0.25) is 5.95 Å². The number of imidazole rings is 1. The molecule has 0 aliphatic carbocycles. The molecule has 1 saturated heterocycles. The van der Waals surface area contributed by atoms with Crippen LogP contribution in [0.1, 0.15) is 18.1 Å². The van der Waals surface area contributed by atoms with E-state index in [1.54, 1.807) is 12.3 Å². The van der Waals surface area contributed by atoms with Crippen molar-refractivity contribution in [2.24, 2.45) is 0 Å². The van der Waals surface area contributed by atoms with E-state index in [1.165, 1.54) is 4.68 Å². The Kier molecular flexibility index (Phi) is 4.60. The van der Waals surface area contributed by atoms with Crippen LogP contribution >= 0.6 is 0 Å². The summed E-state index contributed by atoms with van der Waals surface area (Å²) in [6.45, 7) is 6.46. The van der Waals surface area contributed by atoms with Crippen LogP contribution in [0.4, 0.5) is 5.95 Å². The quantitative estimate of drug-likeness (QED) is 0.742. The molecule has 0 radical (unpaired) electrons. The molecular weight excluding hydrogens is 342 g/mol. The molecule has 27 heavy (non-hydrogen) atoms. The van der Waals surface area contributed by atoms with Crippen LogP contribution in [-0.2, 0) is 13.1 Å². The lowest BCUT2D eigenvalue weighted by Gasteiger charge is -2.28. The summed E-state index contributed by atoms with van der Waals surface area (Å²) >= 11 is 0. The topological polar surface area (TPSA) is 91.8 Å². The molecule has 0 spiro atoms. The second-order valence-electron chi connectivity index (χ2n) is 6.50. The molecule has 3 heterocycles. The third kappa shape index (κ3) is 3.06. The monoisotopic (exact) mass is 363 g/mol. The van der Waals surface area contributed by atoms with Crippen LogP contribution in [0.25, 0.3) is 11.0 Å². The average molecular weight is 363 g/mol. The van der Waals surface area contributed by atoms with Crippen molar-refractivity contribution >= 4 is 17.0 Å². The predicted octanol–water partition coefficient (Wildman–Crippen LogP) is 0.942. The first-order chi connectivity index (χ1) is 13.2. The van der Waals surface area contributed by atoms with E-state index in [0.29, 0.717) is 23.1 Å². The Morgan fingerprint density at radius 1 is 1.26 bits per heavy atom. The molecule has 1 aliphatic heterocycles. The third-order valence-corrected chi connectivity index (χ3v) is 4.90. The molecule has 8 nitrogen and oxygen atoms in total. The Balaban J connectivity index is 1.79. The molecule has 0 unspecified atom stereocenters. The molecule has 1 aromatic carbocycles. The molecule has 138 valence electrons. The summed E-state index contributed by atoms with van der Waals surface area (Å²) in [7, 11) is 0. The van der Waals surface area contributed by atoms with Crippen LogP contribution in [0, 0.1) is 11.3 Å². The van der Waals surface area contributed by atoms with Gasteiger partial charge in [0.15, 0.2) is 0 Å². The van der Waals surface area contributed by atoms with Crippen LogP contribution in [0.2, 0.25) is 0 Å². The minimum Gasteiger partial charge on any atom is -0.340 e. The van der Waals surface area contributed by atoms with Crippen LogP contribution in [0.3, 0.4) is 0 Å². The van der Waals surface area contributed by atoms with E-state index in [2.05, 4.69) is 26.4 Å². The number of aryl methyl sites for hydroxylation is 1. The van der Waals surface area contributed by atoms with Crippen LogP contribution in [-0.4, -0.2) is 45.5 Å². The molecule has 1 aliphatic rings. The second-order valence-corrected chi connectivity index (χ2v) is 6.50. The van der Waals surface area contributed by atoms with Crippen molar-refractivity contribution < 1.29 is 0 Å². The molecule has 3 aromatic rings. The number of hydrogen-bond acceptors (Lipinski definition) is 6. The average Bonchev–Trinajstić information content (AvgIpc) is 3.10. The lowest BCUT2D eigenvalue weighted by atomic mass is 10.1. The Morgan fingerprint density at radius 2 is 2.04 bits per heavy atom. The van der Waals surface area contributed by atoms with E-state index in [9.17, 15) is 10.1 Å². The molecule has 8 heteroatoms. The molecule has 4 rings (SSSR count). The van der Waals surface area contributed by atoms with E-state index in [4.69, 9.17) is 0 Å². The zero-order chi connectivity index (χ0) is 18.8. The standard InChI is InChI=1S/C19H21N7O/c1-2-25-17-16(23-19(25)24-9-7-21-8-10-24)12-22-26(18(17)27)13-15-6-4-3-5-14(15)11-20/h3-6,12,21H,2,7-10,13H2,1H3. The van der Waals surface area contributed by atoms with Gasteiger partial charge in [0, 0.05) is 32.7 Å². The van der Waals surface area contributed by atoms with Gasteiger partial charge in [-0.1, -0.05) is 18.2 Å².